The van der Waals surface area contributed by atoms with Gasteiger partial charge in [0, 0.05) is 20.6 Å². The summed E-state index contributed by atoms with van der Waals surface area (Å²) in [5.41, 5.74) is 0. The summed E-state index contributed by atoms with van der Waals surface area (Å²) in [5, 5.41) is 40.4. The van der Waals surface area contributed by atoms with Crippen molar-refractivity contribution in [1.82, 2.24) is 40.2 Å². The maximum Gasteiger partial charge on any atom is 0.510 e. The summed E-state index contributed by atoms with van der Waals surface area (Å²) in [4.78, 5) is 18.9. The molecule has 17 heavy (non-hydrogen) atoms. The minimum absolute atomic E-state index is 0.664. The van der Waals surface area contributed by atoms with Crippen LogP contribution in [0.1, 0.15) is 0 Å². The van der Waals surface area contributed by atoms with Crippen LogP contribution in [0, 0.1) is 20.2 Å². The molecule has 0 saturated carbocycles. The average molecular weight is 241 g/mol. The molecule has 0 spiro atoms. The molecule has 88 valence electrons. The van der Waals surface area contributed by atoms with Gasteiger partial charge in [-0.3, -0.25) is 0 Å². The molecule has 15 heteroatoms. The fourth-order valence-electron chi connectivity index (χ4n) is 1.02. The number of aromatic nitrogens is 8. The second kappa shape index (κ2) is 3.87. The minimum atomic E-state index is -1.47. The van der Waals surface area contributed by atoms with E-state index in [0.717, 1.165) is 9.42 Å². The van der Waals surface area contributed by atoms with Gasteiger partial charge in [0.05, 0.1) is 10.2 Å². The predicted octanol–water partition coefficient (Wildman–Crippen LogP) is -3.13. The van der Waals surface area contributed by atoms with E-state index in [1.54, 1.807) is 0 Å². The fourth-order valence-corrected chi connectivity index (χ4v) is 1.02. The molecule has 0 aromatic carbocycles. The lowest BCUT2D eigenvalue weighted by molar-refractivity contribution is -0.394. The van der Waals surface area contributed by atoms with E-state index in [9.17, 15) is 20.2 Å². The highest BCUT2D eigenvalue weighted by molar-refractivity contribution is 6.29. The van der Waals surface area contributed by atoms with Gasteiger partial charge in [0.25, 0.3) is 7.55 Å². The Morgan fingerprint density at radius 1 is 0.941 bits per heavy atom. The number of hydrogen-bond acceptors (Lipinski definition) is 10. The van der Waals surface area contributed by atoms with Crippen LogP contribution in [0.15, 0.2) is 0 Å². The van der Waals surface area contributed by atoms with Crippen molar-refractivity contribution in [2.75, 3.05) is 0 Å². The summed E-state index contributed by atoms with van der Waals surface area (Å²) >= 11 is 0. The Kier molecular flexibility index (Phi) is 2.40. The van der Waals surface area contributed by atoms with Crippen LogP contribution in [-0.2, 0) is 0 Å². The molecule has 0 N–H and O–H groups in total. The molecule has 0 amide bonds. The zero-order valence-electron chi connectivity index (χ0n) is 8.11. The Hall–Kier alpha value is -3.00. The molecule has 14 nitrogen and oxygen atoms in total. The van der Waals surface area contributed by atoms with E-state index >= 15 is 0 Å². The van der Waals surface area contributed by atoms with Crippen molar-refractivity contribution in [1.29, 1.82) is 0 Å². The molecule has 2 aromatic heterocycles. The van der Waals surface area contributed by atoms with Gasteiger partial charge < -0.3 is 20.2 Å². The first-order valence-electron chi connectivity index (χ1n) is 4.17. The molecule has 0 atom stereocenters. The quantitative estimate of drug-likeness (QED) is 0.302. The predicted molar refractivity (Wildman–Crippen MR) is 48.3 cm³/mol. The molecule has 0 saturated heterocycles. The zero-order valence-corrected chi connectivity index (χ0v) is 8.11. The fraction of sp³-hybridized carbons (Fsp3) is 0. The Labute approximate surface area is 90.8 Å². The van der Waals surface area contributed by atoms with E-state index in [1.807, 2.05) is 0 Å². The smallest absolute Gasteiger partial charge is 0.390 e. The van der Waals surface area contributed by atoms with Gasteiger partial charge in [0.2, 0.25) is 0 Å². The zero-order chi connectivity index (χ0) is 12.4. The SMILES string of the molecule is O=[N+]([O-])c1nnn([BH2-]n2nnc([N+](=O)[O-])n2)n1. The van der Waals surface area contributed by atoms with Crippen molar-refractivity contribution in [3.05, 3.63) is 20.2 Å². The molecule has 2 rings (SSSR count). The number of tetrazole rings is 2. The minimum Gasteiger partial charge on any atom is -0.390 e. The largest absolute Gasteiger partial charge is 0.510 e. The first-order chi connectivity index (χ1) is 8.06. The summed E-state index contributed by atoms with van der Waals surface area (Å²) in [7, 11) is -1.47. The van der Waals surface area contributed by atoms with Crippen LogP contribution in [0.3, 0.4) is 0 Å². The van der Waals surface area contributed by atoms with E-state index in [2.05, 4.69) is 30.8 Å². The van der Waals surface area contributed by atoms with Crippen LogP contribution < -0.4 is 0 Å². The summed E-state index contributed by atoms with van der Waals surface area (Å²) in [6, 6.07) is 0. The topological polar surface area (TPSA) is 173 Å². The van der Waals surface area contributed by atoms with Crippen LogP contribution in [0.2, 0.25) is 0 Å². The molecular weight excluding hydrogens is 239 g/mol. The van der Waals surface area contributed by atoms with Crippen LogP contribution in [0.4, 0.5) is 11.9 Å². The molecule has 0 unspecified atom stereocenters. The molecule has 0 radical (unpaired) electrons. The Morgan fingerprint density at radius 2 is 1.35 bits per heavy atom. The van der Waals surface area contributed by atoms with Gasteiger partial charge in [-0.05, 0) is 9.85 Å². The van der Waals surface area contributed by atoms with Crippen molar-refractivity contribution in [3.8, 4) is 0 Å². The lowest BCUT2D eigenvalue weighted by Gasteiger charge is -1.94. The molecule has 0 aliphatic rings. The lowest BCUT2D eigenvalue weighted by Crippen LogP contribution is -2.22. The molecule has 2 aromatic rings. The third-order valence-corrected chi connectivity index (χ3v) is 1.68. The van der Waals surface area contributed by atoms with Crippen LogP contribution in [0.25, 0.3) is 0 Å². The Bertz CT molecular complexity index is 522. The average Bonchev–Trinajstić information content (AvgIpc) is 2.87. The molecule has 0 aliphatic carbocycles. The monoisotopic (exact) mass is 241 g/mol. The van der Waals surface area contributed by atoms with Gasteiger partial charge in [-0.2, -0.15) is 0 Å². The molecule has 0 bridgehead atoms. The highest BCUT2D eigenvalue weighted by atomic mass is 16.6. The summed E-state index contributed by atoms with van der Waals surface area (Å²) in [6.07, 6.45) is 0. The van der Waals surface area contributed by atoms with Crippen LogP contribution >= 0.6 is 0 Å². The summed E-state index contributed by atoms with van der Waals surface area (Å²) in [6.45, 7) is 0. The first-order valence-corrected chi connectivity index (χ1v) is 4.17. The summed E-state index contributed by atoms with van der Waals surface area (Å²) in [5.74, 6) is -1.33. The van der Waals surface area contributed by atoms with E-state index in [-0.39, 0.29) is 0 Å². The third kappa shape index (κ3) is 2.16. The second-order valence-corrected chi connectivity index (χ2v) is 2.87. The lowest BCUT2D eigenvalue weighted by atomic mass is 10.2. The van der Waals surface area contributed by atoms with Gasteiger partial charge in [0.15, 0.2) is 0 Å². The van der Waals surface area contributed by atoms with Crippen LogP contribution in [-0.4, -0.2) is 57.6 Å². The van der Waals surface area contributed by atoms with Crippen molar-refractivity contribution < 1.29 is 9.85 Å². The van der Waals surface area contributed by atoms with E-state index < -0.39 is 29.3 Å². The molecule has 0 fully saturated rings. The second-order valence-electron chi connectivity index (χ2n) is 2.87. The van der Waals surface area contributed by atoms with Crippen molar-refractivity contribution in [2.24, 2.45) is 0 Å². The van der Waals surface area contributed by atoms with Crippen molar-refractivity contribution in [2.45, 2.75) is 0 Å². The Balaban J connectivity index is 2.13. The van der Waals surface area contributed by atoms with Gasteiger partial charge >= 0.3 is 11.9 Å². The summed E-state index contributed by atoms with van der Waals surface area (Å²) < 4.78 is 1.84. The first kappa shape index (κ1) is 10.5. The van der Waals surface area contributed by atoms with Gasteiger partial charge in [-0.25, -0.2) is 9.42 Å². The molecule has 2 heterocycles. The van der Waals surface area contributed by atoms with E-state index in [4.69, 9.17) is 0 Å². The maximum atomic E-state index is 10.3. The number of hydrogen-bond donors (Lipinski definition) is 0. The highest BCUT2D eigenvalue weighted by Crippen LogP contribution is 1.97. The third-order valence-electron chi connectivity index (χ3n) is 1.68. The van der Waals surface area contributed by atoms with E-state index in [1.165, 1.54) is 0 Å². The number of nitrogens with zero attached hydrogens (tertiary/aromatic N) is 10. The standard InChI is InChI=1S/C2H2BN10O4/c14-10(15)1-4-8-12(6-1)3-13-7-2(5-9-13)11(16)17/h3H2/q-1. The maximum absolute atomic E-state index is 10.3. The number of nitro groups is 2. The van der Waals surface area contributed by atoms with Gasteiger partial charge in [0.1, 0.15) is 0 Å². The van der Waals surface area contributed by atoms with Crippen molar-refractivity contribution >= 4 is 19.4 Å². The molecular formula is C2H2BN10O4-. The molecule has 0 aliphatic heterocycles. The van der Waals surface area contributed by atoms with Gasteiger partial charge in [-0.1, -0.05) is 0 Å². The number of rotatable bonds is 4. The highest BCUT2D eigenvalue weighted by Gasteiger charge is 2.16. The van der Waals surface area contributed by atoms with Crippen molar-refractivity contribution in [3.63, 3.8) is 0 Å². The Morgan fingerprint density at radius 3 is 1.65 bits per heavy atom. The van der Waals surface area contributed by atoms with Gasteiger partial charge in [-0.15, -0.1) is 0 Å². The normalized spacial score (nSPS) is 10.4. The van der Waals surface area contributed by atoms with Crippen LogP contribution in [0.5, 0.6) is 0 Å². The van der Waals surface area contributed by atoms with E-state index in [0.29, 0.717) is 0 Å².